The van der Waals surface area contributed by atoms with Crippen LogP contribution < -0.4 is 10.2 Å². The molecule has 3 aromatic carbocycles. The first-order valence-electron chi connectivity index (χ1n) is 8.66. The summed E-state index contributed by atoms with van der Waals surface area (Å²) in [5.41, 5.74) is 1.22. The molecule has 0 amide bonds. The maximum atomic E-state index is 13.1. The standard InChI is InChI=1S/C23H15ClO4/c24-17-11-12-20-18(13-17)21(26)23(22(28-20)16-9-5-2-6-10-16)27-14-19(25)15-7-3-1-4-8-15/h1-13H,14H2. The van der Waals surface area contributed by atoms with Gasteiger partial charge < -0.3 is 9.15 Å². The van der Waals surface area contributed by atoms with Crippen LogP contribution in [0.15, 0.2) is 88.1 Å². The van der Waals surface area contributed by atoms with Gasteiger partial charge in [-0.3, -0.25) is 9.59 Å². The van der Waals surface area contributed by atoms with E-state index in [0.717, 1.165) is 0 Å². The van der Waals surface area contributed by atoms with Gasteiger partial charge in [-0.05, 0) is 18.2 Å². The van der Waals surface area contributed by atoms with Crippen LogP contribution in [0.1, 0.15) is 10.4 Å². The number of Topliss-reactive ketones (excluding diaryl/α,β-unsaturated/α-hetero) is 1. The van der Waals surface area contributed by atoms with E-state index < -0.39 is 0 Å². The molecule has 1 heterocycles. The number of carbonyl (C=O) groups is 1. The second-order valence-electron chi connectivity index (χ2n) is 6.17. The summed E-state index contributed by atoms with van der Waals surface area (Å²) in [5, 5.41) is 0.716. The molecule has 0 N–H and O–H groups in total. The van der Waals surface area contributed by atoms with Crippen LogP contribution in [-0.2, 0) is 0 Å². The third kappa shape index (κ3) is 3.55. The first kappa shape index (κ1) is 18.0. The number of ketones is 1. The lowest BCUT2D eigenvalue weighted by atomic mass is 10.1. The smallest absolute Gasteiger partial charge is 0.235 e. The Hall–Kier alpha value is -3.37. The van der Waals surface area contributed by atoms with Gasteiger partial charge in [0.1, 0.15) is 5.58 Å². The minimum Gasteiger partial charge on any atom is -0.478 e. The number of ether oxygens (including phenoxy) is 1. The van der Waals surface area contributed by atoms with Crippen molar-refractivity contribution in [3.8, 4) is 17.1 Å². The maximum Gasteiger partial charge on any atom is 0.235 e. The molecule has 0 fully saturated rings. The van der Waals surface area contributed by atoms with Crippen LogP contribution in [0.3, 0.4) is 0 Å². The highest BCUT2D eigenvalue weighted by molar-refractivity contribution is 6.31. The molecule has 1 aromatic heterocycles. The van der Waals surface area contributed by atoms with Crippen LogP contribution in [0.5, 0.6) is 5.75 Å². The molecular formula is C23H15ClO4. The summed E-state index contributed by atoms with van der Waals surface area (Å²) in [7, 11) is 0. The highest BCUT2D eigenvalue weighted by Gasteiger charge is 2.19. The van der Waals surface area contributed by atoms with E-state index in [0.29, 0.717) is 27.1 Å². The van der Waals surface area contributed by atoms with Crippen molar-refractivity contribution >= 4 is 28.4 Å². The second-order valence-corrected chi connectivity index (χ2v) is 6.61. The van der Waals surface area contributed by atoms with E-state index >= 15 is 0 Å². The number of fused-ring (bicyclic) bond motifs is 1. The van der Waals surface area contributed by atoms with Crippen molar-refractivity contribution in [3.05, 3.63) is 99.7 Å². The fraction of sp³-hybridized carbons (Fsp3) is 0.0435. The number of rotatable bonds is 5. The van der Waals surface area contributed by atoms with Gasteiger partial charge >= 0.3 is 0 Å². The number of hydrogen-bond donors (Lipinski definition) is 0. The minimum atomic E-state index is -0.372. The van der Waals surface area contributed by atoms with Crippen LogP contribution in [0, 0.1) is 0 Å². The number of halogens is 1. The van der Waals surface area contributed by atoms with Crippen molar-refractivity contribution in [3.63, 3.8) is 0 Å². The molecule has 4 aromatic rings. The first-order valence-corrected chi connectivity index (χ1v) is 9.04. The van der Waals surface area contributed by atoms with Gasteiger partial charge in [-0.15, -0.1) is 0 Å². The molecule has 0 radical (unpaired) electrons. The van der Waals surface area contributed by atoms with Crippen LogP contribution in [0.4, 0.5) is 0 Å². The summed E-state index contributed by atoms with van der Waals surface area (Å²) in [6.45, 7) is -0.277. The number of benzene rings is 3. The summed E-state index contributed by atoms with van der Waals surface area (Å²) in [5.74, 6) is 0.0386. The Labute approximate surface area is 166 Å². The summed E-state index contributed by atoms with van der Waals surface area (Å²) in [6.07, 6.45) is 0. The first-order chi connectivity index (χ1) is 13.6. The van der Waals surface area contributed by atoms with Crippen molar-refractivity contribution in [1.82, 2.24) is 0 Å². The van der Waals surface area contributed by atoms with Crippen LogP contribution in [-0.4, -0.2) is 12.4 Å². The third-order valence-electron chi connectivity index (χ3n) is 4.29. The van der Waals surface area contributed by atoms with Gasteiger partial charge in [0, 0.05) is 16.1 Å². The molecule has 0 saturated heterocycles. The Morgan fingerprint density at radius 1 is 0.929 bits per heavy atom. The summed E-state index contributed by atoms with van der Waals surface area (Å²) in [4.78, 5) is 25.5. The topological polar surface area (TPSA) is 56.5 Å². The van der Waals surface area contributed by atoms with Crippen LogP contribution >= 0.6 is 11.6 Å². The zero-order chi connectivity index (χ0) is 19.5. The van der Waals surface area contributed by atoms with Crippen LogP contribution in [0.2, 0.25) is 5.02 Å². The predicted octanol–water partition coefficient (Wildman–Crippen LogP) is 5.38. The molecule has 0 bridgehead atoms. The van der Waals surface area contributed by atoms with E-state index in [1.54, 1.807) is 36.4 Å². The van der Waals surface area contributed by atoms with Gasteiger partial charge in [0.05, 0.1) is 5.39 Å². The highest BCUT2D eigenvalue weighted by atomic mass is 35.5. The molecular weight excluding hydrogens is 376 g/mol. The Morgan fingerprint density at radius 2 is 1.61 bits per heavy atom. The van der Waals surface area contributed by atoms with Crippen molar-refractivity contribution in [2.45, 2.75) is 0 Å². The van der Waals surface area contributed by atoms with Gasteiger partial charge in [-0.25, -0.2) is 0 Å². The number of carbonyl (C=O) groups excluding carboxylic acids is 1. The number of hydrogen-bond acceptors (Lipinski definition) is 4. The Morgan fingerprint density at radius 3 is 2.32 bits per heavy atom. The summed E-state index contributed by atoms with van der Waals surface area (Å²) >= 11 is 6.03. The van der Waals surface area contributed by atoms with Gasteiger partial charge in [0.2, 0.25) is 11.2 Å². The molecule has 138 valence electrons. The predicted molar refractivity (Wildman–Crippen MR) is 109 cm³/mol. The second kappa shape index (κ2) is 7.71. The molecule has 5 heteroatoms. The average molecular weight is 391 g/mol. The SMILES string of the molecule is O=C(COc1c(-c2ccccc2)oc2ccc(Cl)cc2c1=O)c1ccccc1. The molecule has 0 aliphatic rings. The highest BCUT2D eigenvalue weighted by Crippen LogP contribution is 2.31. The van der Waals surface area contributed by atoms with Crippen molar-refractivity contribution in [2.24, 2.45) is 0 Å². The zero-order valence-electron chi connectivity index (χ0n) is 14.7. The molecule has 4 rings (SSSR count). The Kier molecular flexibility index (Phi) is 4.96. The quantitative estimate of drug-likeness (QED) is 0.429. The van der Waals surface area contributed by atoms with E-state index in [-0.39, 0.29) is 29.3 Å². The molecule has 28 heavy (non-hydrogen) atoms. The molecule has 4 nitrogen and oxygen atoms in total. The molecule has 0 saturated carbocycles. The lowest BCUT2D eigenvalue weighted by Crippen LogP contribution is -2.17. The molecule has 0 spiro atoms. The van der Waals surface area contributed by atoms with Crippen LogP contribution in [0.25, 0.3) is 22.3 Å². The van der Waals surface area contributed by atoms with E-state index in [1.807, 2.05) is 36.4 Å². The van der Waals surface area contributed by atoms with E-state index in [1.165, 1.54) is 6.07 Å². The minimum absolute atomic E-state index is 0.00903. The largest absolute Gasteiger partial charge is 0.478 e. The lowest BCUT2D eigenvalue weighted by molar-refractivity contribution is 0.0920. The van der Waals surface area contributed by atoms with E-state index in [4.69, 9.17) is 20.8 Å². The summed E-state index contributed by atoms with van der Waals surface area (Å²) in [6, 6.07) is 22.8. The average Bonchev–Trinajstić information content (AvgIpc) is 2.74. The molecule has 0 unspecified atom stereocenters. The van der Waals surface area contributed by atoms with Gasteiger partial charge in [0.25, 0.3) is 0 Å². The lowest BCUT2D eigenvalue weighted by Gasteiger charge is -2.11. The van der Waals surface area contributed by atoms with Crippen molar-refractivity contribution < 1.29 is 13.9 Å². The van der Waals surface area contributed by atoms with Crippen molar-refractivity contribution in [1.29, 1.82) is 0 Å². The molecule has 0 atom stereocenters. The van der Waals surface area contributed by atoms with Gasteiger partial charge in [-0.1, -0.05) is 72.3 Å². The molecule has 0 aliphatic carbocycles. The van der Waals surface area contributed by atoms with Gasteiger partial charge in [-0.2, -0.15) is 0 Å². The monoisotopic (exact) mass is 390 g/mol. The summed E-state index contributed by atoms with van der Waals surface area (Å²) < 4.78 is 11.6. The fourth-order valence-corrected chi connectivity index (χ4v) is 3.08. The maximum absolute atomic E-state index is 13.1. The van der Waals surface area contributed by atoms with E-state index in [2.05, 4.69) is 0 Å². The molecule has 0 aliphatic heterocycles. The van der Waals surface area contributed by atoms with E-state index in [9.17, 15) is 9.59 Å². The fourth-order valence-electron chi connectivity index (χ4n) is 2.91. The van der Waals surface area contributed by atoms with Gasteiger partial charge in [0.15, 0.2) is 18.2 Å². The van der Waals surface area contributed by atoms with Crippen molar-refractivity contribution in [2.75, 3.05) is 6.61 Å². The zero-order valence-corrected chi connectivity index (χ0v) is 15.5. The Balaban J connectivity index is 1.80. The Bertz CT molecular complexity index is 1200. The normalized spacial score (nSPS) is 10.8. The third-order valence-corrected chi connectivity index (χ3v) is 4.53.